The topological polar surface area (TPSA) is 55.6 Å². The third-order valence-corrected chi connectivity index (χ3v) is 3.41. The Labute approximate surface area is 116 Å². The number of carbonyl (C=O) groups is 1. The highest BCUT2D eigenvalue weighted by atomic mass is 35.5. The smallest absolute Gasteiger partial charge is 0.255 e. The molecule has 1 aliphatic heterocycles. The Kier molecular flexibility index (Phi) is 4.45. The zero-order valence-electron chi connectivity index (χ0n) is 9.73. The van der Waals surface area contributed by atoms with Crippen molar-refractivity contribution in [3.8, 4) is 0 Å². The predicted octanol–water partition coefficient (Wildman–Crippen LogP) is 1.79. The minimum absolute atomic E-state index is 0.111. The molecular formula is C12H14Cl2N2O2. The average molecular weight is 289 g/mol. The Balaban J connectivity index is 2.17. The van der Waals surface area contributed by atoms with Crippen LogP contribution in [0.1, 0.15) is 10.4 Å². The van der Waals surface area contributed by atoms with Crippen molar-refractivity contribution in [1.82, 2.24) is 4.90 Å². The van der Waals surface area contributed by atoms with Crippen LogP contribution in [0.4, 0.5) is 0 Å². The molecule has 6 heteroatoms. The zero-order chi connectivity index (χ0) is 13.1. The van der Waals surface area contributed by atoms with E-state index in [9.17, 15) is 4.79 Å². The summed E-state index contributed by atoms with van der Waals surface area (Å²) in [7, 11) is 0. The maximum atomic E-state index is 12.3. The molecule has 2 rings (SSSR count). The number of benzene rings is 1. The van der Waals surface area contributed by atoms with Gasteiger partial charge in [0.05, 0.1) is 23.3 Å². The van der Waals surface area contributed by atoms with Crippen LogP contribution in [0, 0.1) is 0 Å². The van der Waals surface area contributed by atoms with E-state index in [0.717, 1.165) is 0 Å². The highest BCUT2D eigenvalue weighted by molar-refractivity contribution is 6.35. The maximum absolute atomic E-state index is 12.3. The molecule has 1 atom stereocenters. The first-order chi connectivity index (χ1) is 8.61. The summed E-state index contributed by atoms with van der Waals surface area (Å²) < 4.78 is 5.42. The molecule has 1 heterocycles. The van der Waals surface area contributed by atoms with Crippen molar-refractivity contribution in [3.05, 3.63) is 33.8 Å². The third kappa shape index (κ3) is 2.95. The van der Waals surface area contributed by atoms with Crippen LogP contribution in [-0.4, -0.2) is 43.2 Å². The standard InChI is InChI=1S/C12H14Cl2N2O2/c13-8-1-2-11(14)10(5-8)12(17)16-3-4-18-9(6-15)7-16/h1-2,5,9H,3-4,6-7,15H2. The van der Waals surface area contributed by atoms with E-state index in [2.05, 4.69) is 0 Å². The molecule has 0 aromatic heterocycles. The molecule has 1 amide bonds. The van der Waals surface area contributed by atoms with Crippen molar-refractivity contribution in [2.24, 2.45) is 5.73 Å². The van der Waals surface area contributed by atoms with Crippen LogP contribution in [0.3, 0.4) is 0 Å². The van der Waals surface area contributed by atoms with Crippen LogP contribution in [0.25, 0.3) is 0 Å². The van der Waals surface area contributed by atoms with Gasteiger partial charge in [-0.25, -0.2) is 0 Å². The van der Waals surface area contributed by atoms with Gasteiger partial charge in [0, 0.05) is 24.7 Å². The Morgan fingerprint density at radius 2 is 2.28 bits per heavy atom. The molecular weight excluding hydrogens is 275 g/mol. The van der Waals surface area contributed by atoms with Crippen molar-refractivity contribution >= 4 is 29.1 Å². The quantitative estimate of drug-likeness (QED) is 0.903. The van der Waals surface area contributed by atoms with Crippen LogP contribution in [0.2, 0.25) is 10.0 Å². The highest BCUT2D eigenvalue weighted by Crippen LogP contribution is 2.22. The van der Waals surface area contributed by atoms with Crippen LogP contribution in [0.15, 0.2) is 18.2 Å². The molecule has 1 saturated heterocycles. The van der Waals surface area contributed by atoms with Crippen molar-refractivity contribution in [2.45, 2.75) is 6.10 Å². The number of hydrogen-bond acceptors (Lipinski definition) is 3. The first-order valence-corrected chi connectivity index (χ1v) is 6.43. The van der Waals surface area contributed by atoms with Crippen LogP contribution in [0.5, 0.6) is 0 Å². The van der Waals surface area contributed by atoms with Gasteiger partial charge >= 0.3 is 0 Å². The van der Waals surface area contributed by atoms with Gasteiger partial charge in [-0.1, -0.05) is 23.2 Å². The lowest BCUT2D eigenvalue weighted by Crippen LogP contribution is -2.48. The van der Waals surface area contributed by atoms with Gasteiger partial charge in [-0.3, -0.25) is 4.79 Å². The van der Waals surface area contributed by atoms with E-state index < -0.39 is 0 Å². The summed E-state index contributed by atoms with van der Waals surface area (Å²) in [5, 5.41) is 0.895. The molecule has 1 aromatic carbocycles. The Morgan fingerprint density at radius 3 is 3.00 bits per heavy atom. The molecule has 0 bridgehead atoms. The van der Waals surface area contributed by atoms with E-state index in [0.29, 0.717) is 41.8 Å². The minimum Gasteiger partial charge on any atom is -0.373 e. The fraction of sp³-hybridized carbons (Fsp3) is 0.417. The predicted molar refractivity (Wildman–Crippen MR) is 71.2 cm³/mol. The molecule has 0 spiro atoms. The molecule has 1 unspecified atom stereocenters. The maximum Gasteiger partial charge on any atom is 0.255 e. The molecule has 18 heavy (non-hydrogen) atoms. The van der Waals surface area contributed by atoms with E-state index >= 15 is 0 Å². The molecule has 0 saturated carbocycles. The summed E-state index contributed by atoms with van der Waals surface area (Å²) in [5.41, 5.74) is 5.97. The van der Waals surface area contributed by atoms with Crippen molar-refractivity contribution in [2.75, 3.05) is 26.2 Å². The number of amides is 1. The number of rotatable bonds is 2. The second-order valence-corrected chi connectivity index (χ2v) is 4.95. The van der Waals surface area contributed by atoms with E-state index in [1.165, 1.54) is 0 Å². The van der Waals surface area contributed by atoms with Gasteiger partial charge in [-0.15, -0.1) is 0 Å². The second-order valence-electron chi connectivity index (χ2n) is 4.10. The number of nitrogens with two attached hydrogens (primary N) is 1. The molecule has 4 nitrogen and oxygen atoms in total. The van der Waals surface area contributed by atoms with Gasteiger partial charge < -0.3 is 15.4 Å². The number of hydrogen-bond donors (Lipinski definition) is 1. The van der Waals surface area contributed by atoms with Crippen LogP contribution in [-0.2, 0) is 4.74 Å². The summed E-state index contributed by atoms with van der Waals surface area (Å²) in [6.07, 6.45) is -0.111. The summed E-state index contributed by atoms with van der Waals surface area (Å²) in [4.78, 5) is 14.0. The summed E-state index contributed by atoms with van der Waals surface area (Å²) in [6, 6.07) is 4.86. The van der Waals surface area contributed by atoms with Gasteiger partial charge in [-0.05, 0) is 18.2 Å². The van der Waals surface area contributed by atoms with Crippen LogP contribution < -0.4 is 5.73 Å². The SMILES string of the molecule is NCC1CN(C(=O)c2cc(Cl)ccc2Cl)CCO1. The number of morpholine rings is 1. The van der Waals surface area contributed by atoms with E-state index in [4.69, 9.17) is 33.7 Å². The fourth-order valence-corrected chi connectivity index (χ4v) is 2.25. The number of carbonyl (C=O) groups excluding carboxylic acids is 1. The summed E-state index contributed by atoms with van der Waals surface area (Å²) in [5.74, 6) is -0.135. The Bertz CT molecular complexity index is 454. The normalized spacial score (nSPS) is 19.9. The summed E-state index contributed by atoms with van der Waals surface area (Å²) >= 11 is 11.9. The first kappa shape index (κ1) is 13.6. The monoisotopic (exact) mass is 288 g/mol. The van der Waals surface area contributed by atoms with Crippen molar-refractivity contribution < 1.29 is 9.53 Å². The van der Waals surface area contributed by atoms with Gasteiger partial charge in [-0.2, -0.15) is 0 Å². The Morgan fingerprint density at radius 1 is 1.50 bits per heavy atom. The molecule has 0 radical (unpaired) electrons. The molecule has 1 fully saturated rings. The number of ether oxygens (including phenoxy) is 1. The van der Waals surface area contributed by atoms with Gasteiger partial charge in [0.2, 0.25) is 0 Å². The summed E-state index contributed by atoms with van der Waals surface area (Å²) in [6.45, 7) is 1.91. The zero-order valence-corrected chi connectivity index (χ0v) is 11.2. The van der Waals surface area contributed by atoms with E-state index in [1.807, 2.05) is 0 Å². The van der Waals surface area contributed by atoms with Crippen molar-refractivity contribution in [3.63, 3.8) is 0 Å². The fourth-order valence-electron chi connectivity index (χ4n) is 1.88. The molecule has 98 valence electrons. The first-order valence-electron chi connectivity index (χ1n) is 5.68. The second kappa shape index (κ2) is 5.89. The van der Waals surface area contributed by atoms with Gasteiger partial charge in [0.1, 0.15) is 0 Å². The van der Waals surface area contributed by atoms with Crippen molar-refractivity contribution in [1.29, 1.82) is 0 Å². The largest absolute Gasteiger partial charge is 0.373 e. The molecule has 0 aliphatic carbocycles. The van der Waals surface area contributed by atoms with E-state index in [-0.39, 0.29) is 12.0 Å². The van der Waals surface area contributed by atoms with E-state index in [1.54, 1.807) is 23.1 Å². The van der Waals surface area contributed by atoms with Gasteiger partial charge in [0.15, 0.2) is 0 Å². The average Bonchev–Trinajstić information content (AvgIpc) is 2.41. The van der Waals surface area contributed by atoms with Gasteiger partial charge in [0.25, 0.3) is 5.91 Å². The minimum atomic E-state index is -0.135. The highest BCUT2D eigenvalue weighted by Gasteiger charge is 2.25. The lowest BCUT2D eigenvalue weighted by Gasteiger charge is -2.32. The molecule has 2 N–H and O–H groups in total. The molecule has 1 aromatic rings. The number of halogens is 2. The Hall–Kier alpha value is -0.810. The molecule has 1 aliphatic rings. The van der Waals surface area contributed by atoms with Crippen LogP contribution >= 0.6 is 23.2 Å². The number of nitrogens with zero attached hydrogens (tertiary/aromatic N) is 1. The lowest BCUT2D eigenvalue weighted by molar-refractivity contribution is -0.0167. The third-order valence-electron chi connectivity index (χ3n) is 2.85. The lowest BCUT2D eigenvalue weighted by atomic mass is 10.1.